The number of nitrogens with zero attached hydrogens (tertiary/aromatic N) is 1. The first kappa shape index (κ1) is 14.5. The van der Waals surface area contributed by atoms with Gasteiger partial charge in [-0.25, -0.2) is 0 Å². The van der Waals surface area contributed by atoms with Gasteiger partial charge >= 0.3 is 5.97 Å². The lowest BCUT2D eigenvalue weighted by Crippen LogP contribution is -2.42. The first-order valence-corrected chi connectivity index (χ1v) is 7.74. The predicted molar refractivity (Wildman–Crippen MR) is 90.0 cm³/mol. The summed E-state index contributed by atoms with van der Waals surface area (Å²) >= 11 is 0. The van der Waals surface area contributed by atoms with Crippen molar-refractivity contribution in [3.05, 3.63) is 71.4 Å². The summed E-state index contributed by atoms with van der Waals surface area (Å²) in [7, 11) is 1.67. The smallest absolute Gasteiger partial charge is 0.313 e. The first-order chi connectivity index (χ1) is 11.6. The van der Waals surface area contributed by atoms with Crippen molar-refractivity contribution in [2.75, 3.05) is 7.05 Å². The van der Waals surface area contributed by atoms with Gasteiger partial charge in [0.25, 0.3) is 5.91 Å². The highest BCUT2D eigenvalue weighted by Gasteiger charge is 2.43. The maximum Gasteiger partial charge on any atom is 0.313 e. The zero-order valence-corrected chi connectivity index (χ0v) is 13.1. The number of aromatic amines is 1. The second-order valence-corrected chi connectivity index (χ2v) is 6.05. The van der Waals surface area contributed by atoms with Crippen molar-refractivity contribution in [3.63, 3.8) is 0 Å². The minimum absolute atomic E-state index is 0.154. The molecule has 4 rings (SSSR count). The maximum atomic E-state index is 12.7. The van der Waals surface area contributed by atoms with Crippen LogP contribution in [0.15, 0.2) is 54.7 Å². The summed E-state index contributed by atoms with van der Waals surface area (Å²) < 4.78 is 0. The van der Waals surface area contributed by atoms with Crippen LogP contribution in [0.4, 0.5) is 0 Å². The third kappa shape index (κ3) is 1.94. The number of nitrogens with one attached hydrogen (secondary N) is 1. The van der Waals surface area contributed by atoms with Crippen molar-refractivity contribution >= 4 is 22.8 Å². The number of hydrogen-bond donors (Lipinski definition) is 2. The Morgan fingerprint density at radius 3 is 2.58 bits per heavy atom. The number of rotatable bonds is 2. The molecule has 2 N–H and O–H groups in total. The van der Waals surface area contributed by atoms with Gasteiger partial charge in [-0.05, 0) is 17.7 Å². The van der Waals surface area contributed by atoms with Crippen molar-refractivity contribution in [2.24, 2.45) is 0 Å². The summed E-state index contributed by atoms with van der Waals surface area (Å²) in [5, 5.41) is 10.8. The minimum atomic E-state index is -0.933. The van der Waals surface area contributed by atoms with Crippen LogP contribution >= 0.6 is 0 Å². The van der Waals surface area contributed by atoms with E-state index in [-0.39, 0.29) is 5.91 Å². The van der Waals surface area contributed by atoms with Crippen molar-refractivity contribution in [3.8, 4) is 0 Å². The molecule has 0 saturated carbocycles. The van der Waals surface area contributed by atoms with E-state index in [0.29, 0.717) is 11.1 Å². The second kappa shape index (κ2) is 5.23. The van der Waals surface area contributed by atoms with Gasteiger partial charge in [-0.3, -0.25) is 9.59 Å². The van der Waals surface area contributed by atoms with E-state index in [1.54, 1.807) is 31.3 Å². The number of carbonyl (C=O) groups is 2. The lowest BCUT2D eigenvalue weighted by Gasteiger charge is -2.38. The highest BCUT2D eigenvalue weighted by molar-refractivity contribution is 6.01. The van der Waals surface area contributed by atoms with Crippen LogP contribution < -0.4 is 0 Å². The Bertz CT molecular complexity index is 960. The van der Waals surface area contributed by atoms with E-state index in [2.05, 4.69) is 4.98 Å². The molecule has 5 nitrogen and oxygen atoms in total. The molecule has 3 aromatic rings. The first-order valence-electron chi connectivity index (χ1n) is 7.74. The summed E-state index contributed by atoms with van der Waals surface area (Å²) in [6, 6.07) is 14.1. The Morgan fingerprint density at radius 1 is 1.08 bits per heavy atom. The van der Waals surface area contributed by atoms with Gasteiger partial charge in [0.1, 0.15) is 5.92 Å². The van der Waals surface area contributed by atoms with Gasteiger partial charge in [0.05, 0.1) is 6.04 Å². The normalized spacial score (nSPS) is 20.2. The lowest BCUT2D eigenvalue weighted by molar-refractivity contribution is -0.140. The van der Waals surface area contributed by atoms with Gasteiger partial charge in [-0.1, -0.05) is 36.4 Å². The number of carboxylic acid groups (broad SMARTS) is 1. The molecule has 0 bridgehead atoms. The Balaban J connectivity index is 1.97. The monoisotopic (exact) mass is 320 g/mol. The molecular formula is C19H16N2O3. The molecule has 0 spiro atoms. The summed E-state index contributed by atoms with van der Waals surface area (Å²) in [5.74, 6) is -1.89. The molecule has 1 amide bonds. The van der Waals surface area contributed by atoms with E-state index in [1.165, 1.54) is 4.90 Å². The molecule has 2 atom stereocenters. The molecule has 1 aliphatic heterocycles. The Kier molecular flexibility index (Phi) is 3.16. The highest BCUT2D eigenvalue weighted by Crippen LogP contribution is 2.43. The fourth-order valence-electron chi connectivity index (χ4n) is 3.67. The minimum Gasteiger partial charge on any atom is -0.481 e. The number of hydrogen-bond acceptors (Lipinski definition) is 2. The predicted octanol–water partition coefficient (Wildman–Crippen LogP) is 3.16. The summed E-state index contributed by atoms with van der Waals surface area (Å²) in [6.07, 6.45) is 1.81. The molecular weight excluding hydrogens is 304 g/mol. The summed E-state index contributed by atoms with van der Waals surface area (Å²) in [5.41, 5.74) is 2.78. The molecule has 120 valence electrons. The van der Waals surface area contributed by atoms with Crippen LogP contribution in [0.5, 0.6) is 0 Å². The molecule has 2 heterocycles. The quantitative estimate of drug-likeness (QED) is 0.762. The molecule has 0 radical (unpaired) electrons. The number of fused-ring (bicyclic) bond motifs is 2. The number of para-hydroxylation sites is 1. The molecule has 2 aromatic carbocycles. The van der Waals surface area contributed by atoms with Gasteiger partial charge in [0, 0.05) is 35.3 Å². The van der Waals surface area contributed by atoms with E-state index in [4.69, 9.17) is 0 Å². The van der Waals surface area contributed by atoms with Gasteiger partial charge in [0.2, 0.25) is 0 Å². The zero-order valence-electron chi connectivity index (χ0n) is 13.1. The van der Waals surface area contributed by atoms with Crippen molar-refractivity contribution in [2.45, 2.75) is 12.0 Å². The van der Waals surface area contributed by atoms with Crippen LogP contribution in [0.3, 0.4) is 0 Å². The van der Waals surface area contributed by atoms with Crippen LogP contribution in [0.1, 0.15) is 33.4 Å². The average molecular weight is 320 g/mol. The van der Waals surface area contributed by atoms with E-state index >= 15 is 0 Å². The molecule has 0 aliphatic carbocycles. The van der Waals surface area contributed by atoms with E-state index < -0.39 is 17.9 Å². The number of H-pyrrole nitrogens is 1. The number of aliphatic carboxylic acids is 1. The van der Waals surface area contributed by atoms with Crippen molar-refractivity contribution in [1.82, 2.24) is 9.88 Å². The van der Waals surface area contributed by atoms with E-state index in [1.807, 2.05) is 30.5 Å². The van der Waals surface area contributed by atoms with Crippen LogP contribution in [-0.4, -0.2) is 33.9 Å². The van der Waals surface area contributed by atoms with Crippen molar-refractivity contribution in [1.29, 1.82) is 0 Å². The standard InChI is InChI=1S/C19H16N2O3/c1-21-17(14-10-20-15-9-5-4-6-11(14)15)16(19(23)24)12-7-2-3-8-13(12)18(21)22/h2-10,16-17,20H,1H3,(H,23,24)/t16-,17+/m0/s1. The van der Waals surface area contributed by atoms with E-state index in [0.717, 1.165) is 16.5 Å². The number of aromatic nitrogens is 1. The Morgan fingerprint density at radius 2 is 1.79 bits per heavy atom. The molecule has 0 unspecified atom stereocenters. The summed E-state index contributed by atoms with van der Waals surface area (Å²) in [4.78, 5) is 29.5. The molecule has 24 heavy (non-hydrogen) atoms. The molecule has 5 heteroatoms. The SMILES string of the molecule is CN1C(=O)c2ccccc2[C@H](C(=O)O)[C@H]1c1c[nH]c2ccccc12. The van der Waals surface area contributed by atoms with Gasteiger partial charge in [0.15, 0.2) is 0 Å². The third-order valence-corrected chi connectivity index (χ3v) is 4.79. The lowest BCUT2D eigenvalue weighted by atomic mass is 9.80. The van der Waals surface area contributed by atoms with Crippen LogP contribution in [0.2, 0.25) is 0 Å². The number of carbonyl (C=O) groups excluding carboxylic acids is 1. The van der Waals surface area contributed by atoms with Crippen molar-refractivity contribution < 1.29 is 14.7 Å². The number of carboxylic acids is 1. The second-order valence-electron chi connectivity index (χ2n) is 6.05. The Labute approximate surface area is 138 Å². The maximum absolute atomic E-state index is 12.7. The number of benzene rings is 2. The fraction of sp³-hybridized carbons (Fsp3) is 0.158. The van der Waals surface area contributed by atoms with Crippen LogP contribution in [-0.2, 0) is 4.79 Å². The largest absolute Gasteiger partial charge is 0.481 e. The topological polar surface area (TPSA) is 73.4 Å². The van der Waals surface area contributed by atoms with Gasteiger partial charge in [-0.15, -0.1) is 0 Å². The number of amides is 1. The summed E-state index contributed by atoms with van der Waals surface area (Å²) in [6.45, 7) is 0. The Hall–Kier alpha value is -3.08. The molecule has 1 aliphatic rings. The number of likely N-dealkylation sites (N-methyl/N-ethyl adjacent to an activating group) is 1. The van der Waals surface area contributed by atoms with Crippen LogP contribution in [0, 0.1) is 0 Å². The molecule has 0 saturated heterocycles. The molecule has 0 fully saturated rings. The van der Waals surface area contributed by atoms with E-state index in [9.17, 15) is 14.7 Å². The van der Waals surface area contributed by atoms with Gasteiger partial charge in [-0.2, -0.15) is 0 Å². The zero-order chi connectivity index (χ0) is 16.8. The fourth-order valence-corrected chi connectivity index (χ4v) is 3.67. The third-order valence-electron chi connectivity index (χ3n) is 4.79. The van der Waals surface area contributed by atoms with Crippen LogP contribution in [0.25, 0.3) is 10.9 Å². The average Bonchev–Trinajstić information content (AvgIpc) is 3.01. The molecule has 1 aromatic heterocycles. The van der Waals surface area contributed by atoms with Gasteiger partial charge < -0.3 is 15.0 Å². The highest BCUT2D eigenvalue weighted by atomic mass is 16.4.